The molecule has 0 aliphatic carbocycles. The number of furan rings is 1. The van der Waals surface area contributed by atoms with Crippen LogP contribution in [0.4, 0.5) is 16.4 Å². The summed E-state index contributed by atoms with van der Waals surface area (Å²) in [5.41, 5.74) is 2.12. The van der Waals surface area contributed by atoms with Gasteiger partial charge in [0.05, 0.1) is 5.69 Å². The molecule has 0 unspecified atom stereocenters. The van der Waals surface area contributed by atoms with Gasteiger partial charge in [0.1, 0.15) is 11.3 Å². The number of hydrogen-bond acceptors (Lipinski definition) is 5. The largest absolute Gasteiger partial charge is 0.441 e. The minimum Gasteiger partial charge on any atom is -0.441 e. The number of anilines is 2. The smallest absolute Gasteiger partial charge is 0.335 e. The molecular formula is C21H21N3O4. The fourth-order valence-corrected chi connectivity index (χ4v) is 3.64. The quantitative estimate of drug-likeness (QED) is 0.654. The van der Waals surface area contributed by atoms with Crippen molar-refractivity contribution in [3.8, 4) is 0 Å². The molecule has 2 aromatic rings. The second-order valence-electron chi connectivity index (χ2n) is 7.17. The molecule has 2 saturated heterocycles. The minimum absolute atomic E-state index is 0.138. The molecule has 0 bridgehead atoms. The number of aryl methyl sites for hydroxylation is 2. The lowest BCUT2D eigenvalue weighted by Crippen LogP contribution is -2.54. The summed E-state index contributed by atoms with van der Waals surface area (Å²) >= 11 is 0. The number of barbiturate groups is 1. The van der Waals surface area contributed by atoms with Crippen molar-refractivity contribution in [2.45, 2.75) is 26.7 Å². The van der Waals surface area contributed by atoms with Crippen LogP contribution < -0.4 is 15.1 Å². The summed E-state index contributed by atoms with van der Waals surface area (Å²) in [6.45, 7) is 5.62. The third-order valence-corrected chi connectivity index (χ3v) is 4.88. The van der Waals surface area contributed by atoms with Crippen molar-refractivity contribution in [1.29, 1.82) is 0 Å². The second-order valence-corrected chi connectivity index (χ2v) is 7.17. The summed E-state index contributed by atoms with van der Waals surface area (Å²) in [4.78, 5) is 40.7. The van der Waals surface area contributed by atoms with Gasteiger partial charge in [0.2, 0.25) is 0 Å². The zero-order valence-corrected chi connectivity index (χ0v) is 15.8. The number of nitrogens with zero attached hydrogens (tertiary/aromatic N) is 2. The number of hydrogen-bond donors (Lipinski definition) is 1. The lowest BCUT2D eigenvalue weighted by atomic mass is 10.1. The van der Waals surface area contributed by atoms with E-state index in [2.05, 4.69) is 10.2 Å². The molecule has 1 aromatic carbocycles. The van der Waals surface area contributed by atoms with E-state index in [1.807, 2.05) is 26.0 Å². The van der Waals surface area contributed by atoms with Gasteiger partial charge in [-0.15, -0.1) is 0 Å². The summed E-state index contributed by atoms with van der Waals surface area (Å²) in [7, 11) is 0. The van der Waals surface area contributed by atoms with Gasteiger partial charge in [-0.25, -0.2) is 9.69 Å². The fourth-order valence-electron chi connectivity index (χ4n) is 3.64. The van der Waals surface area contributed by atoms with E-state index in [9.17, 15) is 14.4 Å². The zero-order chi connectivity index (χ0) is 19.8. The molecule has 4 amide bonds. The zero-order valence-electron chi connectivity index (χ0n) is 15.8. The summed E-state index contributed by atoms with van der Waals surface area (Å²) in [6.07, 6.45) is 3.62. The van der Waals surface area contributed by atoms with Gasteiger partial charge in [0, 0.05) is 19.2 Å². The highest BCUT2D eigenvalue weighted by atomic mass is 16.4. The Bertz CT molecular complexity index is 979. The van der Waals surface area contributed by atoms with Gasteiger partial charge in [0.15, 0.2) is 5.88 Å². The van der Waals surface area contributed by atoms with Crippen molar-refractivity contribution in [2.24, 2.45) is 0 Å². The van der Waals surface area contributed by atoms with E-state index in [4.69, 9.17) is 4.42 Å². The number of benzene rings is 1. The van der Waals surface area contributed by atoms with E-state index in [0.29, 0.717) is 11.4 Å². The van der Waals surface area contributed by atoms with Gasteiger partial charge in [-0.2, -0.15) is 0 Å². The maximum absolute atomic E-state index is 13.0. The number of amides is 4. The highest BCUT2D eigenvalue weighted by molar-refractivity contribution is 6.39. The first-order chi connectivity index (χ1) is 13.4. The first-order valence-electron chi connectivity index (χ1n) is 9.27. The number of urea groups is 1. The summed E-state index contributed by atoms with van der Waals surface area (Å²) < 4.78 is 5.79. The predicted octanol–water partition coefficient (Wildman–Crippen LogP) is 3.16. The van der Waals surface area contributed by atoms with Gasteiger partial charge in [0.25, 0.3) is 11.8 Å². The summed E-state index contributed by atoms with van der Waals surface area (Å²) in [5.74, 6) is -0.280. The molecule has 2 aliphatic rings. The summed E-state index contributed by atoms with van der Waals surface area (Å²) in [6, 6.07) is 8.20. The lowest BCUT2D eigenvalue weighted by Gasteiger charge is -2.26. The van der Waals surface area contributed by atoms with Crippen LogP contribution in [-0.4, -0.2) is 30.9 Å². The Hall–Kier alpha value is -3.35. The fraction of sp³-hybridized carbons (Fsp3) is 0.286. The van der Waals surface area contributed by atoms with Gasteiger partial charge in [-0.1, -0.05) is 6.07 Å². The Labute approximate surface area is 162 Å². The van der Waals surface area contributed by atoms with Gasteiger partial charge >= 0.3 is 6.03 Å². The van der Waals surface area contributed by atoms with Crippen LogP contribution in [0.5, 0.6) is 0 Å². The van der Waals surface area contributed by atoms with Crippen LogP contribution in [0.3, 0.4) is 0 Å². The van der Waals surface area contributed by atoms with E-state index in [-0.39, 0.29) is 5.57 Å². The maximum atomic E-state index is 13.0. The van der Waals surface area contributed by atoms with Crippen molar-refractivity contribution in [3.05, 3.63) is 52.8 Å². The molecule has 3 heterocycles. The molecule has 7 heteroatoms. The van der Waals surface area contributed by atoms with Gasteiger partial charge in [-0.05, 0) is 62.1 Å². The first-order valence-corrected chi connectivity index (χ1v) is 9.27. The van der Waals surface area contributed by atoms with Gasteiger partial charge in [-0.3, -0.25) is 14.9 Å². The number of rotatable bonds is 3. The molecule has 0 atom stereocenters. The highest BCUT2D eigenvalue weighted by Gasteiger charge is 2.37. The third-order valence-electron chi connectivity index (χ3n) is 4.88. The number of carbonyl (C=O) groups is 3. The number of carbonyl (C=O) groups excluding carboxylic acids is 3. The first kappa shape index (κ1) is 18.0. The Balaban J connectivity index is 1.66. The van der Waals surface area contributed by atoms with E-state index in [0.717, 1.165) is 47.8 Å². The molecular weight excluding hydrogens is 358 g/mol. The van der Waals surface area contributed by atoms with E-state index in [1.165, 1.54) is 6.08 Å². The highest BCUT2D eigenvalue weighted by Crippen LogP contribution is 2.27. The average molecular weight is 379 g/mol. The molecule has 0 radical (unpaired) electrons. The van der Waals surface area contributed by atoms with Crippen LogP contribution in [0.2, 0.25) is 0 Å². The normalized spacial score (nSPS) is 18.9. The molecule has 1 aromatic heterocycles. The third kappa shape index (κ3) is 3.31. The van der Waals surface area contributed by atoms with Crippen LogP contribution in [0.25, 0.3) is 6.08 Å². The molecule has 0 saturated carbocycles. The van der Waals surface area contributed by atoms with Crippen molar-refractivity contribution < 1.29 is 18.8 Å². The maximum Gasteiger partial charge on any atom is 0.335 e. The van der Waals surface area contributed by atoms with Crippen molar-refractivity contribution in [2.75, 3.05) is 22.9 Å². The Morgan fingerprint density at radius 3 is 2.36 bits per heavy atom. The monoisotopic (exact) mass is 379 g/mol. The topological polar surface area (TPSA) is 82.9 Å². The molecule has 2 fully saturated rings. The number of nitrogens with one attached hydrogen (secondary N) is 1. The lowest BCUT2D eigenvalue weighted by molar-refractivity contribution is -0.122. The van der Waals surface area contributed by atoms with E-state index in [1.54, 1.807) is 18.2 Å². The van der Waals surface area contributed by atoms with Crippen LogP contribution in [0.15, 0.2) is 40.3 Å². The van der Waals surface area contributed by atoms with Crippen LogP contribution in [0, 0.1) is 13.8 Å². The van der Waals surface area contributed by atoms with Crippen LogP contribution in [-0.2, 0) is 9.59 Å². The average Bonchev–Trinajstić information content (AvgIpc) is 3.29. The summed E-state index contributed by atoms with van der Waals surface area (Å²) in [5, 5.41) is 2.24. The molecule has 1 N–H and O–H groups in total. The van der Waals surface area contributed by atoms with Crippen LogP contribution in [0.1, 0.15) is 29.7 Å². The molecule has 7 nitrogen and oxygen atoms in total. The van der Waals surface area contributed by atoms with E-state index < -0.39 is 17.8 Å². The Kier molecular flexibility index (Phi) is 4.50. The Morgan fingerprint density at radius 1 is 1.00 bits per heavy atom. The molecule has 2 aliphatic heterocycles. The second kappa shape index (κ2) is 6.99. The molecule has 144 valence electrons. The predicted molar refractivity (Wildman–Crippen MR) is 105 cm³/mol. The van der Waals surface area contributed by atoms with Crippen LogP contribution >= 0.6 is 0 Å². The Morgan fingerprint density at radius 2 is 1.68 bits per heavy atom. The minimum atomic E-state index is -0.755. The SMILES string of the molecule is Cc1cc(C)cc(N2C(=O)NC(=O)/C(=C/c3ccc(N4CCCC4)o3)C2=O)c1. The van der Waals surface area contributed by atoms with Crippen molar-refractivity contribution in [3.63, 3.8) is 0 Å². The van der Waals surface area contributed by atoms with E-state index >= 15 is 0 Å². The molecule has 0 spiro atoms. The standard InChI is InChI=1S/C21H21N3O4/c1-13-9-14(2)11-15(10-13)24-20(26)17(19(25)22-21(24)27)12-16-5-6-18(28-16)23-7-3-4-8-23/h5-6,9-12H,3-4,7-8H2,1-2H3,(H,22,25,27)/b17-12-. The van der Waals surface area contributed by atoms with Crippen molar-refractivity contribution in [1.82, 2.24) is 5.32 Å². The van der Waals surface area contributed by atoms with Gasteiger partial charge < -0.3 is 9.32 Å². The molecule has 4 rings (SSSR count). The molecule has 28 heavy (non-hydrogen) atoms. The number of imide groups is 2. The van der Waals surface area contributed by atoms with Crippen molar-refractivity contribution >= 4 is 35.5 Å².